The molecule has 6 nitrogen and oxygen atoms in total. The molecule has 3 aromatic rings. The van der Waals surface area contributed by atoms with Crippen LogP contribution in [0.15, 0.2) is 52.9 Å². The highest BCUT2D eigenvalue weighted by Crippen LogP contribution is 2.21. The first-order valence-electron chi connectivity index (χ1n) is 8.15. The molecule has 1 aromatic heterocycles. The summed E-state index contributed by atoms with van der Waals surface area (Å²) in [6.07, 6.45) is 0.450. The van der Waals surface area contributed by atoms with E-state index in [1.54, 1.807) is 18.2 Å². The molecule has 7 heteroatoms. The predicted molar refractivity (Wildman–Crippen MR) is 98.1 cm³/mol. The van der Waals surface area contributed by atoms with Crippen molar-refractivity contribution in [3.8, 4) is 17.2 Å². The van der Waals surface area contributed by atoms with Gasteiger partial charge in [0.05, 0.1) is 0 Å². The van der Waals surface area contributed by atoms with Crippen LogP contribution < -0.4 is 10.1 Å². The summed E-state index contributed by atoms with van der Waals surface area (Å²) in [5, 5.41) is 11.4. The number of aryl methyl sites for hydroxylation is 1. The quantitative estimate of drug-likeness (QED) is 0.688. The van der Waals surface area contributed by atoms with E-state index in [4.69, 9.17) is 20.8 Å². The van der Waals surface area contributed by atoms with Crippen molar-refractivity contribution in [1.82, 2.24) is 15.5 Å². The highest BCUT2D eigenvalue weighted by atomic mass is 35.5. The molecule has 0 saturated heterocycles. The predicted octanol–water partition coefficient (Wildman–Crippen LogP) is 3.44. The maximum absolute atomic E-state index is 11.9. The van der Waals surface area contributed by atoms with E-state index in [-0.39, 0.29) is 12.5 Å². The summed E-state index contributed by atoms with van der Waals surface area (Å²) < 4.78 is 11.0. The highest BCUT2D eigenvalue weighted by Gasteiger charge is 2.09. The van der Waals surface area contributed by atoms with Gasteiger partial charge in [0.25, 0.3) is 5.91 Å². The maximum Gasteiger partial charge on any atom is 0.257 e. The molecule has 0 fully saturated rings. The van der Waals surface area contributed by atoms with Gasteiger partial charge in [0, 0.05) is 23.6 Å². The summed E-state index contributed by atoms with van der Waals surface area (Å²) in [5.74, 6) is 1.32. The van der Waals surface area contributed by atoms with Gasteiger partial charge < -0.3 is 14.5 Å². The third kappa shape index (κ3) is 4.83. The zero-order chi connectivity index (χ0) is 18.4. The van der Waals surface area contributed by atoms with Crippen molar-refractivity contribution in [3.05, 3.63) is 65.0 Å². The molecule has 3 rings (SSSR count). The first kappa shape index (κ1) is 17.9. The Hall–Kier alpha value is -2.86. The number of hydrogen-bond acceptors (Lipinski definition) is 5. The zero-order valence-corrected chi connectivity index (χ0v) is 15.0. The molecule has 0 bridgehead atoms. The Balaban J connectivity index is 1.42. The van der Waals surface area contributed by atoms with Crippen molar-refractivity contribution in [2.24, 2.45) is 0 Å². The van der Waals surface area contributed by atoms with Crippen LogP contribution in [0.4, 0.5) is 0 Å². The number of nitrogens with zero attached hydrogens (tertiary/aromatic N) is 2. The first-order valence-corrected chi connectivity index (χ1v) is 8.53. The van der Waals surface area contributed by atoms with E-state index < -0.39 is 0 Å². The Morgan fingerprint density at radius 2 is 2.00 bits per heavy atom. The normalized spacial score (nSPS) is 10.5. The van der Waals surface area contributed by atoms with Crippen LogP contribution in [0, 0.1) is 6.92 Å². The second-order valence-corrected chi connectivity index (χ2v) is 6.07. The zero-order valence-electron chi connectivity index (χ0n) is 14.2. The van der Waals surface area contributed by atoms with Crippen LogP contribution in [-0.2, 0) is 11.2 Å². The van der Waals surface area contributed by atoms with E-state index in [2.05, 4.69) is 15.5 Å². The van der Waals surface area contributed by atoms with Crippen LogP contribution in [0.25, 0.3) is 11.5 Å². The number of amides is 1. The summed E-state index contributed by atoms with van der Waals surface area (Å²) in [6, 6.07) is 14.8. The second-order valence-electron chi connectivity index (χ2n) is 5.67. The molecule has 0 unspecified atom stereocenters. The topological polar surface area (TPSA) is 77.2 Å². The third-order valence-electron chi connectivity index (χ3n) is 3.65. The molecule has 1 N–H and O–H groups in total. The highest BCUT2D eigenvalue weighted by molar-refractivity contribution is 6.31. The smallest absolute Gasteiger partial charge is 0.257 e. The van der Waals surface area contributed by atoms with Crippen LogP contribution in [0.2, 0.25) is 5.02 Å². The average Bonchev–Trinajstić information content (AvgIpc) is 3.12. The first-order chi connectivity index (χ1) is 12.6. The second kappa shape index (κ2) is 8.49. The number of carbonyl (C=O) groups is 1. The van der Waals surface area contributed by atoms with Crippen molar-refractivity contribution in [2.45, 2.75) is 13.3 Å². The maximum atomic E-state index is 11.9. The van der Waals surface area contributed by atoms with Crippen LogP contribution >= 0.6 is 11.6 Å². The number of benzene rings is 2. The van der Waals surface area contributed by atoms with Gasteiger partial charge in [0.15, 0.2) is 6.61 Å². The van der Waals surface area contributed by atoms with Gasteiger partial charge in [-0.05, 0) is 42.8 Å². The number of hydrogen-bond donors (Lipinski definition) is 1. The number of ether oxygens (including phenoxy) is 1. The van der Waals surface area contributed by atoms with E-state index in [1.807, 2.05) is 37.3 Å². The van der Waals surface area contributed by atoms with Gasteiger partial charge in [-0.2, -0.15) is 0 Å². The van der Waals surface area contributed by atoms with E-state index >= 15 is 0 Å². The molecule has 134 valence electrons. The Labute approximate surface area is 156 Å². The third-order valence-corrected chi connectivity index (χ3v) is 4.07. The Morgan fingerprint density at radius 3 is 2.77 bits per heavy atom. The molecule has 0 spiro atoms. The molecular weight excluding hydrogens is 354 g/mol. The van der Waals surface area contributed by atoms with Crippen LogP contribution in [-0.4, -0.2) is 29.3 Å². The fourth-order valence-corrected chi connectivity index (χ4v) is 2.39. The summed E-state index contributed by atoms with van der Waals surface area (Å²) in [7, 11) is 0. The van der Waals surface area contributed by atoms with Crippen molar-refractivity contribution in [3.63, 3.8) is 0 Å². The van der Waals surface area contributed by atoms with Gasteiger partial charge in [0.1, 0.15) is 5.75 Å². The molecule has 1 amide bonds. The van der Waals surface area contributed by atoms with Gasteiger partial charge in [-0.1, -0.05) is 29.8 Å². The van der Waals surface area contributed by atoms with Gasteiger partial charge >= 0.3 is 0 Å². The van der Waals surface area contributed by atoms with Crippen molar-refractivity contribution in [2.75, 3.05) is 13.2 Å². The standard InChI is InChI=1S/C19H18ClN3O3/c1-13-11-15(7-8-16(13)20)25-12-17(24)21-10-9-18-22-23-19(26-18)14-5-3-2-4-6-14/h2-8,11H,9-10,12H2,1H3,(H,21,24). The minimum absolute atomic E-state index is 0.0693. The van der Waals surface area contributed by atoms with E-state index in [0.29, 0.717) is 35.5 Å². The number of halogens is 1. The number of aromatic nitrogens is 2. The van der Waals surface area contributed by atoms with Gasteiger partial charge in [0.2, 0.25) is 11.8 Å². The Kier molecular flexibility index (Phi) is 5.86. The molecule has 0 aliphatic heterocycles. The lowest BCUT2D eigenvalue weighted by molar-refractivity contribution is -0.123. The molecular formula is C19H18ClN3O3. The summed E-state index contributed by atoms with van der Waals surface area (Å²) in [5.41, 5.74) is 1.76. The summed E-state index contributed by atoms with van der Waals surface area (Å²) in [6.45, 7) is 2.20. The Bertz CT molecular complexity index is 881. The van der Waals surface area contributed by atoms with Crippen LogP contribution in [0.5, 0.6) is 5.75 Å². The lowest BCUT2D eigenvalue weighted by atomic mass is 10.2. The van der Waals surface area contributed by atoms with E-state index in [1.165, 1.54) is 0 Å². The van der Waals surface area contributed by atoms with E-state index in [0.717, 1.165) is 11.1 Å². The number of rotatable bonds is 7. The van der Waals surface area contributed by atoms with Gasteiger partial charge in [-0.25, -0.2) is 0 Å². The molecule has 1 heterocycles. The van der Waals surface area contributed by atoms with E-state index in [9.17, 15) is 4.79 Å². The lowest BCUT2D eigenvalue weighted by Crippen LogP contribution is -2.30. The number of carbonyl (C=O) groups excluding carboxylic acids is 1. The fraction of sp³-hybridized carbons (Fsp3) is 0.211. The molecule has 26 heavy (non-hydrogen) atoms. The molecule has 0 atom stereocenters. The van der Waals surface area contributed by atoms with Crippen molar-refractivity contribution >= 4 is 17.5 Å². The van der Waals surface area contributed by atoms with Crippen LogP contribution in [0.1, 0.15) is 11.5 Å². The van der Waals surface area contributed by atoms with Crippen LogP contribution in [0.3, 0.4) is 0 Å². The monoisotopic (exact) mass is 371 g/mol. The Morgan fingerprint density at radius 1 is 1.19 bits per heavy atom. The summed E-state index contributed by atoms with van der Waals surface area (Å²) >= 11 is 5.96. The van der Waals surface area contributed by atoms with Crippen molar-refractivity contribution in [1.29, 1.82) is 0 Å². The number of nitrogens with one attached hydrogen (secondary N) is 1. The average molecular weight is 372 g/mol. The van der Waals surface area contributed by atoms with Crippen molar-refractivity contribution < 1.29 is 13.9 Å². The van der Waals surface area contributed by atoms with Gasteiger partial charge in [-0.15, -0.1) is 10.2 Å². The molecule has 0 aliphatic rings. The molecule has 0 radical (unpaired) electrons. The SMILES string of the molecule is Cc1cc(OCC(=O)NCCc2nnc(-c3ccccc3)o2)ccc1Cl. The molecule has 0 aliphatic carbocycles. The lowest BCUT2D eigenvalue weighted by Gasteiger charge is -2.08. The minimum Gasteiger partial charge on any atom is -0.484 e. The van der Waals surface area contributed by atoms with Gasteiger partial charge in [-0.3, -0.25) is 4.79 Å². The largest absolute Gasteiger partial charge is 0.484 e. The fourth-order valence-electron chi connectivity index (χ4n) is 2.27. The summed E-state index contributed by atoms with van der Waals surface area (Å²) in [4.78, 5) is 11.9. The molecule has 2 aromatic carbocycles. The molecule has 0 saturated carbocycles. The minimum atomic E-state index is -0.222.